The van der Waals surface area contributed by atoms with Crippen molar-refractivity contribution in [3.8, 4) is 5.69 Å². The summed E-state index contributed by atoms with van der Waals surface area (Å²) in [6, 6.07) is 9.02. The molecular formula is C20H21FN4O3S. The number of imidazole rings is 1. The Kier molecular flexibility index (Phi) is 5.81. The highest BCUT2D eigenvalue weighted by atomic mass is 32.2. The van der Waals surface area contributed by atoms with Crippen molar-refractivity contribution < 1.29 is 17.6 Å². The highest BCUT2D eigenvalue weighted by molar-refractivity contribution is 7.89. The van der Waals surface area contributed by atoms with Crippen LogP contribution in [0.15, 0.2) is 60.0 Å². The molecule has 3 aromatic rings. The second kappa shape index (κ2) is 8.14. The zero-order valence-electron chi connectivity index (χ0n) is 16.3. The predicted octanol–water partition coefficient (Wildman–Crippen LogP) is 2.89. The van der Waals surface area contributed by atoms with Crippen LogP contribution in [0, 0.1) is 19.7 Å². The standard InChI is InChI=1S/C20H21FN4O3S/c1-14-4-6-17(10-15(14)2)29(27,28)24(3)12-20(26)23-16-5-7-19(18(21)11-16)25-9-8-22-13-25/h4-11,13H,12H2,1-3H3,(H,23,26). The maximum absolute atomic E-state index is 14.3. The summed E-state index contributed by atoms with van der Waals surface area (Å²) in [5.74, 6) is -1.12. The fraction of sp³-hybridized carbons (Fsp3) is 0.200. The van der Waals surface area contributed by atoms with Crippen molar-refractivity contribution in [2.45, 2.75) is 18.7 Å². The monoisotopic (exact) mass is 416 g/mol. The second-order valence-electron chi connectivity index (χ2n) is 6.69. The number of anilines is 1. The van der Waals surface area contributed by atoms with E-state index in [0.717, 1.165) is 15.4 Å². The average Bonchev–Trinajstić information content (AvgIpc) is 3.18. The van der Waals surface area contributed by atoms with Gasteiger partial charge in [-0.25, -0.2) is 17.8 Å². The first kappa shape index (κ1) is 20.7. The molecule has 1 amide bonds. The van der Waals surface area contributed by atoms with Gasteiger partial charge in [-0.05, 0) is 55.3 Å². The molecule has 0 radical (unpaired) electrons. The summed E-state index contributed by atoms with van der Waals surface area (Å²) in [4.78, 5) is 16.3. The van der Waals surface area contributed by atoms with Gasteiger partial charge in [0.15, 0.2) is 0 Å². The molecule has 0 atom stereocenters. The molecule has 3 rings (SSSR count). The Labute approximate surface area is 168 Å². The number of hydrogen-bond acceptors (Lipinski definition) is 4. The smallest absolute Gasteiger partial charge is 0.243 e. The number of carbonyl (C=O) groups is 1. The summed E-state index contributed by atoms with van der Waals surface area (Å²) in [6.07, 6.45) is 4.59. The van der Waals surface area contributed by atoms with Gasteiger partial charge in [-0.15, -0.1) is 0 Å². The van der Waals surface area contributed by atoms with Gasteiger partial charge >= 0.3 is 0 Å². The summed E-state index contributed by atoms with van der Waals surface area (Å²) < 4.78 is 42.1. The topological polar surface area (TPSA) is 84.3 Å². The third kappa shape index (κ3) is 4.52. The van der Waals surface area contributed by atoms with Crippen molar-refractivity contribution in [2.24, 2.45) is 0 Å². The van der Waals surface area contributed by atoms with Crippen molar-refractivity contribution in [3.63, 3.8) is 0 Å². The van der Waals surface area contributed by atoms with E-state index >= 15 is 0 Å². The van der Waals surface area contributed by atoms with Crippen LogP contribution in [0.5, 0.6) is 0 Å². The second-order valence-corrected chi connectivity index (χ2v) is 8.74. The zero-order chi connectivity index (χ0) is 21.2. The van der Waals surface area contributed by atoms with E-state index in [1.54, 1.807) is 18.3 Å². The molecule has 1 aromatic heterocycles. The van der Waals surface area contributed by atoms with E-state index in [2.05, 4.69) is 10.3 Å². The number of sulfonamides is 1. The zero-order valence-corrected chi connectivity index (χ0v) is 17.1. The van der Waals surface area contributed by atoms with Gasteiger partial charge in [0.05, 0.1) is 23.5 Å². The normalized spacial score (nSPS) is 11.6. The summed E-state index contributed by atoms with van der Waals surface area (Å²) in [5, 5.41) is 2.52. The van der Waals surface area contributed by atoms with E-state index in [1.807, 2.05) is 13.8 Å². The number of carbonyl (C=O) groups excluding carboxylic acids is 1. The minimum atomic E-state index is -3.82. The van der Waals surface area contributed by atoms with Crippen LogP contribution in [0.25, 0.3) is 5.69 Å². The lowest BCUT2D eigenvalue weighted by Gasteiger charge is -2.18. The number of nitrogens with one attached hydrogen (secondary N) is 1. The Morgan fingerprint density at radius 2 is 1.93 bits per heavy atom. The fourth-order valence-corrected chi connectivity index (χ4v) is 3.95. The van der Waals surface area contributed by atoms with E-state index < -0.39 is 28.3 Å². The molecule has 2 aromatic carbocycles. The van der Waals surface area contributed by atoms with Crippen molar-refractivity contribution in [1.82, 2.24) is 13.9 Å². The highest BCUT2D eigenvalue weighted by Crippen LogP contribution is 2.20. The molecule has 0 bridgehead atoms. The van der Waals surface area contributed by atoms with Crippen LogP contribution < -0.4 is 5.32 Å². The van der Waals surface area contributed by atoms with E-state index in [1.165, 1.54) is 48.4 Å². The molecule has 0 saturated heterocycles. The summed E-state index contributed by atoms with van der Waals surface area (Å²) >= 11 is 0. The number of benzene rings is 2. The summed E-state index contributed by atoms with van der Waals surface area (Å²) in [6.45, 7) is 3.31. The van der Waals surface area contributed by atoms with Crippen molar-refractivity contribution in [3.05, 3.63) is 72.1 Å². The Morgan fingerprint density at radius 3 is 2.55 bits per heavy atom. The first-order valence-corrected chi connectivity index (χ1v) is 10.2. The minimum absolute atomic E-state index is 0.117. The van der Waals surface area contributed by atoms with Crippen molar-refractivity contribution >= 4 is 21.6 Å². The lowest BCUT2D eigenvalue weighted by molar-refractivity contribution is -0.116. The molecule has 0 spiro atoms. The van der Waals surface area contributed by atoms with Gasteiger partial charge in [0.25, 0.3) is 0 Å². The van der Waals surface area contributed by atoms with Gasteiger partial charge < -0.3 is 9.88 Å². The molecule has 9 heteroatoms. The van der Waals surface area contributed by atoms with Crippen LogP contribution in [0.3, 0.4) is 0 Å². The van der Waals surface area contributed by atoms with Crippen LogP contribution in [0.1, 0.15) is 11.1 Å². The Balaban J connectivity index is 1.70. The van der Waals surface area contributed by atoms with Crippen molar-refractivity contribution in [1.29, 1.82) is 0 Å². The van der Waals surface area contributed by atoms with Gasteiger partial charge in [-0.3, -0.25) is 4.79 Å². The highest BCUT2D eigenvalue weighted by Gasteiger charge is 2.23. The summed E-state index contributed by atoms with van der Waals surface area (Å²) in [7, 11) is -2.50. The molecule has 0 saturated carbocycles. The van der Waals surface area contributed by atoms with E-state index in [9.17, 15) is 17.6 Å². The Morgan fingerprint density at radius 1 is 1.17 bits per heavy atom. The molecule has 0 fully saturated rings. The van der Waals surface area contributed by atoms with Crippen molar-refractivity contribution in [2.75, 3.05) is 18.9 Å². The van der Waals surface area contributed by atoms with E-state index in [0.29, 0.717) is 0 Å². The SMILES string of the molecule is Cc1ccc(S(=O)(=O)N(C)CC(=O)Nc2ccc(-n3ccnc3)c(F)c2)cc1C. The molecule has 1 N–H and O–H groups in total. The quantitative estimate of drug-likeness (QED) is 0.670. The number of amides is 1. The van der Waals surface area contributed by atoms with Gasteiger partial charge in [0.2, 0.25) is 15.9 Å². The first-order valence-electron chi connectivity index (χ1n) is 8.80. The van der Waals surface area contributed by atoms with E-state index in [-0.39, 0.29) is 16.3 Å². The third-order valence-corrected chi connectivity index (χ3v) is 6.37. The predicted molar refractivity (Wildman–Crippen MR) is 108 cm³/mol. The van der Waals surface area contributed by atoms with Crippen LogP contribution in [-0.4, -0.2) is 41.8 Å². The minimum Gasteiger partial charge on any atom is -0.325 e. The maximum atomic E-state index is 14.3. The fourth-order valence-electron chi connectivity index (χ4n) is 2.74. The van der Waals surface area contributed by atoms with Crippen LogP contribution >= 0.6 is 0 Å². The van der Waals surface area contributed by atoms with Crippen LogP contribution in [0.2, 0.25) is 0 Å². The van der Waals surface area contributed by atoms with Gasteiger partial charge in [0, 0.05) is 25.1 Å². The average molecular weight is 416 g/mol. The Bertz CT molecular complexity index is 1140. The third-order valence-electron chi connectivity index (χ3n) is 4.57. The maximum Gasteiger partial charge on any atom is 0.243 e. The van der Waals surface area contributed by atoms with Gasteiger partial charge in [-0.1, -0.05) is 6.07 Å². The molecule has 152 valence electrons. The molecule has 1 heterocycles. The summed E-state index contributed by atoms with van der Waals surface area (Å²) in [5.41, 5.74) is 2.34. The molecule has 0 aliphatic carbocycles. The number of rotatable bonds is 6. The van der Waals surface area contributed by atoms with Crippen LogP contribution in [-0.2, 0) is 14.8 Å². The number of aromatic nitrogens is 2. The number of hydrogen-bond donors (Lipinski definition) is 1. The molecule has 0 unspecified atom stereocenters. The molecule has 0 aliphatic rings. The lowest BCUT2D eigenvalue weighted by atomic mass is 10.1. The Hall–Kier alpha value is -3.04. The molecule has 29 heavy (non-hydrogen) atoms. The van der Waals surface area contributed by atoms with Gasteiger partial charge in [-0.2, -0.15) is 4.31 Å². The molecular weight excluding hydrogens is 395 g/mol. The number of halogens is 1. The van der Waals surface area contributed by atoms with Crippen LogP contribution in [0.4, 0.5) is 10.1 Å². The number of aryl methyl sites for hydroxylation is 2. The largest absolute Gasteiger partial charge is 0.325 e. The number of nitrogens with zero attached hydrogens (tertiary/aromatic N) is 3. The van der Waals surface area contributed by atoms with Gasteiger partial charge in [0.1, 0.15) is 5.82 Å². The lowest BCUT2D eigenvalue weighted by Crippen LogP contribution is -2.35. The molecule has 0 aliphatic heterocycles. The number of likely N-dealkylation sites (N-methyl/N-ethyl adjacent to an activating group) is 1. The molecule has 7 nitrogen and oxygen atoms in total. The first-order chi connectivity index (χ1) is 13.7. The van der Waals surface area contributed by atoms with E-state index in [4.69, 9.17) is 0 Å².